The van der Waals surface area contributed by atoms with Crippen LogP contribution in [0.2, 0.25) is 0 Å². The zero-order chi connectivity index (χ0) is 17.8. The molecule has 3 unspecified atom stereocenters. The third-order valence-corrected chi connectivity index (χ3v) is 5.88. The molecule has 0 aromatic heterocycles. The molecule has 2 fully saturated rings. The number of nitrogens with two attached hydrogens (primary N) is 1. The Balaban J connectivity index is 1.64. The van der Waals surface area contributed by atoms with Crippen LogP contribution in [0.25, 0.3) is 0 Å². The molecular formula is C20H29N3O2. The van der Waals surface area contributed by atoms with Crippen LogP contribution in [0, 0.1) is 11.8 Å². The molecule has 2 heterocycles. The number of nitrogens with zero attached hydrogens (tertiary/aromatic N) is 2. The quantitative estimate of drug-likeness (QED) is 0.917. The number of piperidine rings is 2. The van der Waals surface area contributed by atoms with Crippen LogP contribution >= 0.6 is 0 Å². The smallest absolute Gasteiger partial charge is 0.314 e. The van der Waals surface area contributed by atoms with Gasteiger partial charge in [-0.2, -0.15) is 0 Å². The molecule has 1 aromatic rings. The van der Waals surface area contributed by atoms with E-state index in [0.717, 1.165) is 38.8 Å². The van der Waals surface area contributed by atoms with Gasteiger partial charge in [-0.05, 0) is 36.7 Å². The maximum atomic E-state index is 13.0. The Kier molecular flexibility index (Phi) is 5.61. The maximum absolute atomic E-state index is 13.0. The molecule has 0 aliphatic carbocycles. The summed E-state index contributed by atoms with van der Waals surface area (Å²) in [4.78, 5) is 28.0. The number of urea groups is 1. The van der Waals surface area contributed by atoms with Crippen molar-refractivity contribution in [2.45, 2.75) is 38.5 Å². The monoisotopic (exact) mass is 343 g/mol. The first kappa shape index (κ1) is 17.8. The average molecular weight is 343 g/mol. The standard InChI is InChI=1S/C20H29N3O2/c1-2-15-13-22(12-10-18(15)16-7-4-3-5-8-16)19(24)17-9-6-11-23(14-17)20(21)25/h3-5,7-8,15,17-18H,2,6,9-14H2,1H3,(H2,21,25). The molecular weight excluding hydrogens is 314 g/mol. The number of hydrogen-bond acceptors (Lipinski definition) is 2. The molecule has 0 bridgehead atoms. The van der Waals surface area contributed by atoms with Crippen molar-refractivity contribution in [2.75, 3.05) is 26.2 Å². The predicted octanol–water partition coefficient (Wildman–Crippen LogP) is 2.82. The van der Waals surface area contributed by atoms with E-state index in [1.165, 1.54) is 5.56 Å². The lowest BCUT2D eigenvalue weighted by molar-refractivity contribution is -0.139. The molecule has 3 rings (SSSR count). The summed E-state index contributed by atoms with van der Waals surface area (Å²) in [5, 5.41) is 0. The molecule has 3 amide bonds. The Bertz CT molecular complexity index is 604. The Hall–Kier alpha value is -2.04. The van der Waals surface area contributed by atoms with E-state index < -0.39 is 6.03 Å². The lowest BCUT2D eigenvalue weighted by Gasteiger charge is -2.41. The molecule has 2 saturated heterocycles. The summed E-state index contributed by atoms with van der Waals surface area (Å²) in [6.07, 6.45) is 3.80. The summed E-state index contributed by atoms with van der Waals surface area (Å²) in [5.74, 6) is 1.14. The Labute approximate surface area is 150 Å². The molecule has 3 atom stereocenters. The number of amides is 3. The molecule has 5 heteroatoms. The van der Waals surface area contributed by atoms with Gasteiger partial charge in [-0.3, -0.25) is 4.79 Å². The summed E-state index contributed by atoms with van der Waals surface area (Å²) in [5.41, 5.74) is 6.78. The van der Waals surface area contributed by atoms with Crippen LogP contribution < -0.4 is 5.73 Å². The van der Waals surface area contributed by atoms with Gasteiger partial charge in [-0.1, -0.05) is 43.7 Å². The minimum atomic E-state index is -0.410. The van der Waals surface area contributed by atoms with E-state index in [4.69, 9.17) is 5.73 Å². The first-order valence-electron chi connectivity index (χ1n) is 9.48. The summed E-state index contributed by atoms with van der Waals surface area (Å²) in [7, 11) is 0. The van der Waals surface area contributed by atoms with Crippen molar-refractivity contribution in [3.63, 3.8) is 0 Å². The minimum absolute atomic E-state index is 0.0907. The van der Waals surface area contributed by atoms with Gasteiger partial charge in [-0.15, -0.1) is 0 Å². The van der Waals surface area contributed by atoms with Gasteiger partial charge in [0.15, 0.2) is 0 Å². The fraction of sp³-hybridized carbons (Fsp3) is 0.600. The molecule has 2 aliphatic rings. The van der Waals surface area contributed by atoms with Crippen LogP contribution in [0.4, 0.5) is 4.79 Å². The summed E-state index contributed by atoms with van der Waals surface area (Å²) >= 11 is 0. The van der Waals surface area contributed by atoms with Crippen molar-refractivity contribution in [1.82, 2.24) is 9.80 Å². The highest BCUT2D eigenvalue weighted by Crippen LogP contribution is 2.35. The van der Waals surface area contributed by atoms with Crippen molar-refractivity contribution >= 4 is 11.9 Å². The van der Waals surface area contributed by atoms with Gasteiger partial charge >= 0.3 is 6.03 Å². The predicted molar refractivity (Wildman–Crippen MR) is 98.0 cm³/mol. The fourth-order valence-electron chi connectivity index (χ4n) is 4.42. The van der Waals surface area contributed by atoms with Crippen molar-refractivity contribution in [3.8, 4) is 0 Å². The van der Waals surface area contributed by atoms with Gasteiger partial charge in [0, 0.05) is 26.2 Å². The highest BCUT2D eigenvalue weighted by atomic mass is 16.2. The van der Waals surface area contributed by atoms with Crippen LogP contribution in [-0.4, -0.2) is 47.9 Å². The van der Waals surface area contributed by atoms with Crippen molar-refractivity contribution in [1.29, 1.82) is 0 Å². The number of carbonyl (C=O) groups is 2. The Morgan fingerprint density at radius 2 is 1.84 bits per heavy atom. The molecule has 0 saturated carbocycles. The number of primary amides is 1. The van der Waals surface area contributed by atoms with Gasteiger partial charge in [0.2, 0.25) is 5.91 Å². The number of benzene rings is 1. The SMILES string of the molecule is CCC1CN(C(=O)C2CCCN(C(N)=O)C2)CCC1c1ccccc1. The molecule has 2 aliphatic heterocycles. The second-order valence-corrected chi connectivity index (χ2v) is 7.38. The molecule has 1 aromatic carbocycles. The Morgan fingerprint density at radius 3 is 2.52 bits per heavy atom. The molecule has 0 spiro atoms. The van der Waals surface area contributed by atoms with Crippen LogP contribution in [0.1, 0.15) is 44.1 Å². The minimum Gasteiger partial charge on any atom is -0.351 e. The number of carbonyl (C=O) groups excluding carboxylic acids is 2. The third-order valence-electron chi connectivity index (χ3n) is 5.88. The average Bonchev–Trinajstić information content (AvgIpc) is 2.67. The van der Waals surface area contributed by atoms with Gasteiger partial charge < -0.3 is 15.5 Å². The zero-order valence-electron chi connectivity index (χ0n) is 15.1. The molecule has 5 nitrogen and oxygen atoms in total. The van der Waals surface area contributed by atoms with Crippen LogP contribution in [0.5, 0.6) is 0 Å². The first-order valence-corrected chi connectivity index (χ1v) is 9.48. The summed E-state index contributed by atoms with van der Waals surface area (Å²) in [6.45, 7) is 4.99. The van der Waals surface area contributed by atoms with Crippen LogP contribution in [0.3, 0.4) is 0 Å². The van der Waals surface area contributed by atoms with Crippen LogP contribution in [0.15, 0.2) is 30.3 Å². The molecule has 25 heavy (non-hydrogen) atoms. The normalized spacial score (nSPS) is 27.2. The zero-order valence-corrected chi connectivity index (χ0v) is 15.1. The van der Waals surface area contributed by atoms with Crippen molar-refractivity contribution < 1.29 is 9.59 Å². The van der Waals surface area contributed by atoms with Gasteiger partial charge in [0.25, 0.3) is 0 Å². The lowest BCUT2D eigenvalue weighted by Crippen LogP contribution is -2.51. The topological polar surface area (TPSA) is 66.6 Å². The van der Waals surface area contributed by atoms with E-state index in [1.807, 2.05) is 4.90 Å². The summed E-state index contributed by atoms with van der Waals surface area (Å²) in [6, 6.07) is 10.2. The third kappa shape index (κ3) is 3.97. The largest absolute Gasteiger partial charge is 0.351 e. The highest BCUT2D eigenvalue weighted by molar-refractivity contribution is 5.80. The summed E-state index contributed by atoms with van der Waals surface area (Å²) < 4.78 is 0. The van der Waals surface area contributed by atoms with E-state index >= 15 is 0 Å². The second-order valence-electron chi connectivity index (χ2n) is 7.38. The van der Waals surface area contributed by atoms with E-state index in [1.54, 1.807) is 4.90 Å². The van der Waals surface area contributed by atoms with E-state index in [9.17, 15) is 9.59 Å². The van der Waals surface area contributed by atoms with Crippen molar-refractivity contribution in [2.24, 2.45) is 17.6 Å². The Morgan fingerprint density at radius 1 is 1.08 bits per heavy atom. The maximum Gasteiger partial charge on any atom is 0.314 e. The molecule has 136 valence electrons. The molecule has 0 radical (unpaired) electrons. The molecule has 2 N–H and O–H groups in total. The van der Waals surface area contributed by atoms with E-state index in [0.29, 0.717) is 24.9 Å². The van der Waals surface area contributed by atoms with E-state index in [2.05, 4.69) is 37.3 Å². The van der Waals surface area contributed by atoms with Gasteiger partial charge in [-0.25, -0.2) is 4.79 Å². The number of likely N-dealkylation sites (tertiary alicyclic amines) is 2. The van der Waals surface area contributed by atoms with Gasteiger partial charge in [0.05, 0.1) is 5.92 Å². The highest BCUT2D eigenvalue weighted by Gasteiger charge is 2.35. The number of rotatable bonds is 3. The fourth-order valence-corrected chi connectivity index (χ4v) is 4.42. The van der Waals surface area contributed by atoms with E-state index in [-0.39, 0.29) is 11.8 Å². The van der Waals surface area contributed by atoms with Crippen LogP contribution in [-0.2, 0) is 4.79 Å². The first-order chi connectivity index (χ1) is 12.1. The number of hydrogen-bond donors (Lipinski definition) is 1. The lowest BCUT2D eigenvalue weighted by atomic mass is 9.78. The van der Waals surface area contributed by atoms with Crippen molar-refractivity contribution in [3.05, 3.63) is 35.9 Å². The second kappa shape index (κ2) is 7.89. The van der Waals surface area contributed by atoms with Gasteiger partial charge in [0.1, 0.15) is 0 Å².